The van der Waals surface area contributed by atoms with Crippen LogP contribution in [0.1, 0.15) is 6.92 Å². The van der Waals surface area contributed by atoms with Gasteiger partial charge in [-0.25, -0.2) is 0 Å². The van der Waals surface area contributed by atoms with Gasteiger partial charge in [0.1, 0.15) is 6.79 Å². The van der Waals surface area contributed by atoms with E-state index in [9.17, 15) is 0 Å². The summed E-state index contributed by atoms with van der Waals surface area (Å²) in [7, 11) is 2.90. The molecule has 2 atom stereocenters. The average molecular weight is 327 g/mol. The second-order valence-corrected chi connectivity index (χ2v) is 13.1. The van der Waals surface area contributed by atoms with E-state index in [1.807, 2.05) is 6.92 Å². The fourth-order valence-corrected chi connectivity index (χ4v) is 3.39. The third kappa shape index (κ3) is 7.27. The Kier molecular flexibility index (Phi) is 9.35. The maximum Gasteiger partial charge on any atom is 0.502 e. The molecule has 0 aromatic rings. The minimum absolute atomic E-state index is 0.00140. The lowest BCUT2D eigenvalue weighted by molar-refractivity contribution is 0.0382. The SMILES string of the molecule is CO[Si](C)(C)C.CO[Si](CC1OCOC1C)(OC)OC. The van der Waals surface area contributed by atoms with E-state index in [0.29, 0.717) is 12.8 Å². The predicted molar refractivity (Wildman–Crippen MR) is 82.2 cm³/mol. The highest BCUT2D eigenvalue weighted by Gasteiger charge is 2.44. The first-order valence-corrected chi connectivity index (χ1v) is 12.0. The normalized spacial score (nSPS) is 23.4. The van der Waals surface area contributed by atoms with E-state index in [0.717, 1.165) is 0 Å². The maximum absolute atomic E-state index is 5.40. The van der Waals surface area contributed by atoms with Crippen molar-refractivity contribution < 1.29 is 27.2 Å². The van der Waals surface area contributed by atoms with Crippen LogP contribution >= 0.6 is 0 Å². The van der Waals surface area contributed by atoms with Gasteiger partial charge in [-0.1, -0.05) is 0 Å². The molecule has 122 valence electrons. The summed E-state index contributed by atoms with van der Waals surface area (Å²) in [6, 6.07) is 0.623. The molecule has 0 amide bonds. The topological polar surface area (TPSA) is 55.4 Å². The van der Waals surface area contributed by atoms with Crippen LogP contribution in [-0.2, 0) is 27.2 Å². The molecule has 1 saturated heterocycles. The molecule has 20 heavy (non-hydrogen) atoms. The first-order chi connectivity index (χ1) is 9.23. The van der Waals surface area contributed by atoms with E-state index in [-0.39, 0.29) is 12.2 Å². The molecule has 0 spiro atoms. The zero-order valence-corrected chi connectivity index (χ0v) is 16.0. The Morgan fingerprint density at radius 2 is 1.35 bits per heavy atom. The molecule has 6 nitrogen and oxygen atoms in total. The summed E-state index contributed by atoms with van der Waals surface area (Å²) < 4.78 is 31.7. The van der Waals surface area contributed by atoms with Gasteiger partial charge in [0.05, 0.1) is 12.2 Å². The summed E-state index contributed by atoms with van der Waals surface area (Å²) in [6.07, 6.45) is 0.0730. The fourth-order valence-electron chi connectivity index (χ4n) is 1.45. The van der Waals surface area contributed by atoms with Gasteiger partial charge >= 0.3 is 8.80 Å². The fraction of sp³-hybridized carbons (Fsp3) is 1.00. The van der Waals surface area contributed by atoms with E-state index in [2.05, 4.69) is 19.6 Å². The van der Waals surface area contributed by atoms with E-state index in [1.54, 1.807) is 28.4 Å². The van der Waals surface area contributed by atoms with E-state index < -0.39 is 17.1 Å². The van der Waals surface area contributed by atoms with Gasteiger partial charge in [0, 0.05) is 34.5 Å². The van der Waals surface area contributed by atoms with E-state index in [1.165, 1.54) is 0 Å². The largest absolute Gasteiger partial charge is 0.502 e. The van der Waals surface area contributed by atoms with Crippen LogP contribution in [0.15, 0.2) is 0 Å². The summed E-state index contributed by atoms with van der Waals surface area (Å²) in [6.45, 7) is 8.79. The van der Waals surface area contributed by atoms with Crippen molar-refractivity contribution >= 4 is 17.1 Å². The molecule has 1 heterocycles. The van der Waals surface area contributed by atoms with Crippen molar-refractivity contribution in [3.63, 3.8) is 0 Å². The van der Waals surface area contributed by atoms with Gasteiger partial charge in [0.15, 0.2) is 8.32 Å². The first-order valence-electron chi connectivity index (χ1n) is 6.67. The summed E-state index contributed by atoms with van der Waals surface area (Å²) in [4.78, 5) is 0. The molecule has 0 aromatic carbocycles. The highest BCUT2D eigenvalue weighted by molar-refractivity contribution is 6.69. The molecular formula is C12H30O6Si2. The molecular weight excluding hydrogens is 296 g/mol. The third-order valence-corrected chi connectivity index (χ3v) is 7.13. The minimum Gasteiger partial charge on any atom is -0.421 e. The third-order valence-electron chi connectivity index (χ3n) is 3.13. The number of hydrogen-bond acceptors (Lipinski definition) is 6. The Bertz CT molecular complexity index is 247. The monoisotopic (exact) mass is 326 g/mol. The summed E-state index contributed by atoms with van der Waals surface area (Å²) in [5.41, 5.74) is 0. The lowest BCUT2D eigenvalue weighted by Crippen LogP contribution is -2.47. The quantitative estimate of drug-likeness (QED) is 0.697. The van der Waals surface area contributed by atoms with Gasteiger partial charge in [-0.05, 0) is 26.6 Å². The molecule has 1 aliphatic rings. The molecule has 1 fully saturated rings. The van der Waals surface area contributed by atoms with Crippen LogP contribution < -0.4 is 0 Å². The molecule has 0 N–H and O–H groups in total. The average Bonchev–Trinajstić information content (AvgIpc) is 2.81. The molecule has 0 aromatic heterocycles. The van der Waals surface area contributed by atoms with Gasteiger partial charge in [-0.15, -0.1) is 0 Å². The smallest absolute Gasteiger partial charge is 0.421 e. The van der Waals surface area contributed by atoms with Crippen LogP contribution in [0.2, 0.25) is 25.7 Å². The Morgan fingerprint density at radius 1 is 0.900 bits per heavy atom. The van der Waals surface area contributed by atoms with Crippen molar-refractivity contribution in [2.75, 3.05) is 35.2 Å². The Labute approximate surface area is 125 Å². The van der Waals surface area contributed by atoms with Gasteiger partial charge in [0.25, 0.3) is 0 Å². The lowest BCUT2D eigenvalue weighted by Gasteiger charge is -2.27. The first kappa shape index (κ1) is 20.2. The van der Waals surface area contributed by atoms with Crippen molar-refractivity contribution in [3.8, 4) is 0 Å². The van der Waals surface area contributed by atoms with Gasteiger partial charge in [-0.3, -0.25) is 0 Å². The van der Waals surface area contributed by atoms with Crippen molar-refractivity contribution in [1.82, 2.24) is 0 Å². The molecule has 0 radical (unpaired) electrons. The van der Waals surface area contributed by atoms with Crippen molar-refractivity contribution in [1.29, 1.82) is 0 Å². The molecule has 1 rings (SSSR count). The number of hydrogen-bond donors (Lipinski definition) is 0. The van der Waals surface area contributed by atoms with Gasteiger partial charge < -0.3 is 27.2 Å². The van der Waals surface area contributed by atoms with Crippen LogP contribution in [0.4, 0.5) is 0 Å². The molecule has 2 unspecified atom stereocenters. The summed E-state index contributed by atoms with van der Waals surface area (Å²) in [5.74, 6) is 0. The highest BCUT2D eigenvalue weighted by Crippen LogP contribution is 2.24. The highest BCUT2D eigenvalue weighted by atomic mass is 28.4. The molecule has 1 aliphatic heterocycles. The lowest BCUT2D eigenvalue weighted by atomic mass is 10.3. The molecule has 8 heteroatoms. The second-order valence-electron chi connectivity index (χ2n) is 5.51. The zero-order valence-electron chi connectivity index (χ0n) is 14.0. The summed E-state index contributed by atoms with van der Waals surface area (Å²) in [5, 5.41) is 0. The predicted octanol–water partition coefficient (Wildman–Crippen LogP) is 2.09. The van der Waals surface area contributed by atoms with Crippen LogP contribution in [0.5, 0.6) is 0 Å². The van der Waals surface area contributed by atoms with Crippen molar-refractivity contribution in [2.24, 2.45) is 0 Å². The van der Waals surface area contributed by atoms with Crippen LogP contribution in [0, 0.1) is 0 Å². The summed E-state index contributed by atoms with van der Waals surface area (Å²) >= 11 is 0. The molecule has 0 aliphatic carbocycles. The second kappa shape index (κ2) is 9.26. The minimum atomic E-state index is -2.53. The molecule has 0 saturated carbocycles. The standard InChI is InChI=1S/C8H18O5Si.C4H12OSi/c1-7-8(13-6-12-7)5-14(9-2,10-3)11-4;1-5-6(2,3)4/h7-8H,5-6H2,1-4H3;1-4H3. The Hall–Kier alpha value is 0.194. The van der Waals surface area contributed by atoms with Gasteiger partial charge in [0.2, 0.25) is 0 Å². The Morgan fingerprint density at radius 3 is 1.60 bits per heavy atom. The van der Waals surface area contributed by atoms with Crippen molar-refractivity contribution in [2.45, 2.75) is 44.8 Å². The van der Waals surface area contributed by atoms with Crippen LogP contribution in [0.25, 0.3) is 0 Å². The van der Waals surface area contributed by atoms with E-state index >= 15 is 0 Å². The Balaban J connectivity index is 0.000000511. The number of rotatable bonds is 6. The number of ether oxygens (including phenoxy) is 2. The van der Waals surface area contributed by atoms with Crippen LogP contribution in [0.3, 0.4) is 0 Å². The molecule has 0 bridgehead atoms. The van der Waals surface area contributed by atoms with Gasteiger partial charge in [-0.2, -0.15) is 0 Å². The van der Waals surface area contributed by atoms with E-state index in [4.69, 9.17) is 27.2 Å². The van der Waals surface area contributed by atoms with Crippen molar-refractivity contribution in [3.05, 3.63) is 0 Å². The maximum atomic E-state index is 5.40. The van der Waals surface area contributed by atoms with Crippen LogP contribution in [-0.4, -0.2) is 64.6 Å². The zero-order chi connectivity index (χ0) is 15.8.